The Morgan fingerprint density at radius 1 is 1.29 bits per heavy atom. The minimum absolute atomic E-state index is 0.716. The molecule has 0 fully saturated rings. The number of anilines is 1. The van der Waals surface area contributed by atoms with Crippen LogP contribution in [0.15, 0.2) is 30.6 Å². The first-order valence-corrected chi connectivity index (χ1v) is 7.17. The molecule has 3 rings (SSSR count). The van der Waals surface area contributed by atoms with Crippen LogP contribution in [0.4, 0.5) is 5.82 Å². The normalized spacial score (nSPS) is 11.0. The molecule has 0 aliphatic rings. The van der Waals surface area contributed by atoms with E-state index in [4.69, 9.17) is 0 Å². The number of rotatable bonds is 4. The molecule has 5 heteroatoms. The van der Waals surface area contributed by atoms with Crippen molar-refractivity contribution in [2.75, 3.05) is 5.32 Å². The van der Waals surface area contributed by atoms with Gasteiger partial charge in [-0.15, -0.1) is 0 Å². The van der Waals surface area contributed by atoms with Crippen molar-refractivity contribution in [1.82, 2.24) is 19.6 Å². The molecule has 0 aliphatic heterocycles. The Labute approximate surface area is 124 Å². The average Bonchev–Trinajstić information content (AvgIpc) is 2.81. The fourth-order valence-electron chi connectivity index (χ4n) is 2.28. The number of nitrogens with zero attached hydrogens (tertiary/aromatic N) is 4. The number of nitrogens with one attached hydrogen (secondary N) is 1. The van der Waals surface area contributed by atoms with E-state index in [0.717, 1.165) is 40.4 Å². The van der Waals surface area contributed by atoms with Crippen LogP contribution in [-0.2, 0) is 13.0 Å². The monoisotopic (exact) mass is 281 g/mol. The van der Waals surface area contributed by atoms with E-state index in [1.54, 1.807) is 6.20 Å². The molecule has 0 saturated carbocycles. The second-order valence-electron chi connectivity index (χ2n) is 5.15. The van der Waals surface area contributed by atoms with Gasteiger partial charge in [-0.05, 0) is 31.9 Å². The summed E-state index contributed by atoms with van der Waals surface area (Å²) >= 11 is 0. The number of aromatic nitrogens is 4. The van der Waals surface area contributed by atoms with Gasteiger partial charge >= 0.3 is 0 Å². The van der Waals surface area contributed by atoms with Gasteiger partial charge in [-0.25, -0.2) is 4.98 Å². The molecular weight excluding hydrogens is 262 g/mol. The summed E-state index contributed by atoms with van der Waals surface area (Å²) in [5.74, 6) is 0.969. The van der Waals surface area contributed by atoms with Crippen molar-refractivity contribution >= 4 is 11.5 Å². The maximum Gasteiger partial charge on any atom is 0.160 e. The Kier molecular flexibility index (Phi) is 3.56. The summed E-state index contributed by atoms with van der Waals surface area (Å²) < 4.78 is 1.89. The van der Waals surface area contributed by atoms with E-state index in [9.17, 15) is 0 Å². The highest BCUT2D eigenvalue weighted by Gasteiger charge is 2.11. The second kappa shape index (κ2) is 5.52. The molecular formula is C16H19N5. The summed E-state index contributed by atoms with van der Waals surface area (Å²) in [7, 11) is 0. The fourth-order valence-corrected chi connectivity index (χ4v) is 2.28. The zero-order valence-corrected chi connectivity index (χ0v) is 12.6. The van der Waals surface area contributed by atoms with E-state index in [2.05, 4.69) is 46.4 Å². The summed E-state index contributed by atoms with van der Waals surface area (Å²) in [5.41, 5.74) is 5.29. The molecule has 1 N–H and O–H groups in total. The predicted molar refractivity (Wildman–Crippen MR) is 83.4 cm³/mol. The molecule has 3 aromatic heterocycles. The predicted octanol–water partition coefficient (Wildman–Crippen LogP) is 2.92. The van der Waals surface area contributed by atoms with E-state index in [1.165, 1.54) is 0 Å². The number of hydrogen-bond acceptors (Lipinski definition) is 4. The van der Waals surface area contributed by atoms with E-state index in [0.29, 0.717) is 6.54 Å². The van der Waals surface area contributed by atoms with Crippen LogP contribution in [0.3, 0.4) is 0 Å². The quantitative estimate of drug-likeness (QED) is 0.799. The number of aryl methyl sites for hydroxylation is 3. The van der Waals surface area contributed by atoms with Crippen LogP contribution < -0.4 is 5.32 Å². The summed E-state index contributed by atoms with van der Waals surface area (Å²) in [4.78, 5) is 8.81. The summed E-state index contributed by atoms with van der Waals surface area (Å²) in [6, 6.07) is 6.06. The van der Waals surface area contributed by atoms with Crippen molar-refractivity contribution in [1.29, 1.82) is 0 Å². The Balaban J connectivity index is 1.98. The lowest BCUT2D eigenvalue weighted by Crippen LogP contribution is -2.07. The standard InChI is InChI=1S/C16H19N5/c1-4-14-8-15(18-10-13-6-5-7-17-9-13)21-16(19-14)11(2)12(3)20-21/h5-9,18H,4,10H2,1-3H3. The SMILES string of the molecule is CCc1cc(NCc2cccnc2)n2nc(C)c(C)c2n1. The highest BCUT2D eigenvalue weighted by Crippen LogP contribution is 2.19. The Morgan fingerprint density at radius 3 is 2.86 bits per heavy atom. The minimum Gasteiger partial charge on any atom is -0.366 e. The van der Waals surface area contributed by atoms with Gasteiger partial charge in [0.05, 0.1) is 5.69 Å². The van der Waals surface area contributed by atoms with Gasteiger partial charge in [-0.1, -0.05) is 13.0 Å². The Hall–Kier alpha value is -2.43. The van der Waals surface area contributed by atoms with E-state index in [-0.39, 0.29) is 0 Å². The topological polar surface area (TPSA) is 55.1 Å². The van der Waals surface area contributed by atoms with Gasteiger partial charge in [0.1, 0.15) is 5.82 Å². The van der Waals surface area contributed by atoms with E-state index < -0.39 is 0 Å². The van der Waals surface area contributed by atoms with Gasteiger partial charge in [0.25, 0.3) is 0 Å². The first-order valence-electron chi connectivity index (χ1n) is 7.17. The largest absolute Gasteiger partial charge is 0.366 e. The van der Waals surface area contributed by atoms with Crippen molar-refractivity contribution in [2.45, 2.75) is 33.7 Å². The van der Waals surface area contributed by atoms with Crippen LogP contribution in [0.1, 0.15) is 29.4 Å². The number of hydrogen-bond donors (Lipinski definition) is 1. The third kappa shape index (κ3) is 2.59. The van der Waals surface area contributed by atoms with Crippen LogP contribution >= 0.6 is 0 Å². The van der Waals surface area contributed by atoms with Crippen LogP contribution in [0.25, 0.3) is 5.65 Å². The van der Waals surface area contributed by atoms with Crippen LogP contribution in [0.5, 0.6) is 0 Å². The van der Waals surface area contributed by atoms with Gasteiger partial charge < -0.3 is 5.32 Å². The molecule has 0 aromatic carbocycles. The molecule has 3 heterocycles. The number of pyridine rings is 1. The molecule has 0 atom stereocenters. The fraction of sp³-hybridized carbons (Fsp3) is 0.312. The van der Waals surface area contributed by atoms with E-state index >= 15 is 0 Å². The molecule has 0 spiro atoms. The molecule has 0 unspecified atom stereocenters. The van der Waals surface area contributed by atoms with Gasteiger partial charge in [0, 0.05) is 36.3 Å². The Morgan fingerprint density at radius 2 is 2.14 bits per heavy atom. The smallest absolute Gasteiger partial charge is 0.160 e. The first kappa shape index (κ1) is 13.5. The van der Waals surface area contributed by atoms with Crippen LogP contribution in [0.2, 0.25) is 0 Å². The lowest BCUT2D eigenvalue weighted by atomic mass is 10.2. The van der Waals surface area contributed by atoms with Crippen molar-refractivity contribution in [3.63, 3.8) is 0 Å². The third-order valence-corrected chi connectivity index (χ3v) is 3.67. The molecule has 3 aromatic rings. The third-order valence-electron chi connectivity index (χ3n) is 3.67. The van der Waals surface area contributed by atoms with Crippen LogP contribution in [-0.4, -0.2) is 19.6 Å². The molecule has 108 valence electrons. The molecule has 0 aliphatic carbocycles. The molecule has 0 saturated heterocycles. The lowest BCUT2D eigenvalue weighted by Gasteiger charge is -2.10. The van der Waals surface area contributed by atoms with Crippen molar-refractivity contribution in [3.05, 3.63) is 53.1 Å². The highest BCUT2D eigenvalue weighted by molar-refractivity contribution is 5.56. The maximum atomic E-state index is 4.68. The minimum atomic E-state index is 0.716. The molecule has 21 heavy (non-hydrogen) atoms. The van der Waals surface area contributed by atoms with Gasteiger partial charge in [0.15, 0.2) is 5.65 Å². The van der Waals surface area contributed by atoms with Crippen LogP contribution in [0, 0.1) is 13.8 Å². The zero-order chi connectivity index (χ0) is 14.8. The van der Waals surface area contributed by atoms with Gasteiger partial charge in [-0.3, -0.25) is 4.98 Å². The van der Waals surface area contributed by atoms with Crippen molar-refractivity contribution in [2.24, 2.45) is 0 Å². The Bertz CT molecular complexity index is 761. The molecule has 0 bridgehead atoms. The average molecular weight is 281 g/mol. The highest BCUT2D eigenvalue weighted by atomic mass is 15.3. The summed E-state index contributed by atoms with van der Waals surface area (Å²) in [6.45, 7) is 6.91. The molecule has 0 radical (unpaired) electrons. The molecule has 5 nitrogen and oxygen atoms in total. The zero-order valence-electron chi connectivity index (χ0n) is 12.6. The van der Waals surface area contributed by atoms with Crippen molar-refractivity contribution < 1.29 is 0 Å². The second-order valence-corrected chi connectivity index (χ2v) is 5.15. The molecule has 0 amide bonds. The summed E-state index contributed by atoms with van der Waals surface area (Å²) in [5, 5.41) is 8.02. The van der Waals surface area contributed by atoms with E-state index in [1.807, 2.05) is 23.7 Å². The number of fused-ring (bicyclic) bond motifs is 1. The van der Waals surface area contributed by atoms with Crippen molar-refractivity contribution in [3.8, 4) is 0 Å². The summed E-state index contributed by atoms with van der Waals surface area (Å²) in [6.07, 6.45) is 4.55. The van der Waals surface area contributed by atoms with Gasteiger partial charge in [-0.2, -0.15) is 9.61 Å². The lowest BCUT2D eigenvalue weighted by molar-refractivity contribution is 0.888. The first-order chi connectivity index (χ1) is 10.2. The maximum absolute atomic E-state index is 4.68. The van der Waals surface area contributed by atoms with Gasteiger partial charge in [0.2, 0.25) is 0 Å².